The summed E-state index contributed by atoms with van der Waals surface area (Å²) in [6.07, 6.45) is 1.85. The minimum atomic E-state index is -0.800. The number of hydrogen-bond donors (Lipinski definition) is 2. The van der Waals surface area contributed by atoms with Crippen LogP contribution in [0.5, 0.6) is 0 Å². The summed E-state index contributed by atoms with van der Waals surface area (Å²) in [7, 11) is 0. The van der Waals surface area contributed by atoms with Crippen molar-refractivity contribution in [2.75, 3.05) is 26.2 Å². The summed E-state index contributed by atoms with van der Waals surface area (Å²) in [6.45, 7) is 4.03. The Hall–Kier alpha value is -2.67. The number of halogens is 1. The molecule has 5 nitrogen and oxygen atoms in total. The zero-order valence-corrected chi connectivity index (χ0v) is 18.7. The monoisotopic (exact) mass is 477 g/mol. The molecule has 5 rings (SSSR count). The van der Waals surface area contributed by atoms with Crippen molar-refractivity contribution in [3.63, 3.8) is 0 Å². The maximum Gasteiger partial charge on any atom is 0.325 e. The molecular formula is C25H24BrN3O2. The van der Waals surface area contributed by atoms with Gasteiger partial charge in [-0.2, -0.15) is 0 Å². The van der Waals surface area contributed by atoms with Gasteiger partial charge in [-0.3, -0.25) is 14.6 Å². The molecule has 1 fully saturated rings. The fourth-order valence-corrected chi connectivity index (χ4v) is 5.05. The average Bonchev–Trinajstić information content (AvgIpc) is 3.18. The summed E-state index contributed by atoms with van der Waals surface area (Å²) in [5.74, 6) is -0.800. The lowest BCUT2D eigenvalue weighted by atomic mass is 10.0. The number of aromatic nitrogens is 1. The Balaban J connectivity index is 1.33. The lowest BCUT2D eigenvalue weighted by Gasteiger charge is -2.37. The molecule has 31 heavy (non-hydrogen) atoms. The molecule has 0 spiro atoms. The highest BCUT2D eigenvalue weighted by Gasteiger charge is 2.32. The lowest BCUT2D eigenvalue weighted by molar-refractivity contribution is -0.144. The number of aliphatic carboxylic acids is 1. The number of fused-ring (bicyclic) bond motifs is 2. The summed E-state index contributed by atoms with van der Waals surface area (Å²) in [5.41, 5.74) is 3.10. The topological polar surface area (TPSA) is 59.6 Å². The molecule has 2 heterocycles. The van der Waals surface area contributed by atoms with E-state index in [1.807, 2.05) is 24.4 Å². The zero-order valence-electron chi connectivity index (χ0n) is 17.1. The van der Waals surface area contributed by atoms with E-state index in [0.29, 0.717) is 0 Å². The number of rotatable bonds is 5. The first-order valence-electron chi connectivity index (χ1n) is 10.5. The number of aromatic amines is 1. The molecule has 1 atom stereocenters. The Morgan fingerprint density at radius 1 is 1.00 bits per heavy atom. The average molecular weight is 478 g/mol. The fourth-order valence-electron chi connectivity index (χ4n) is 4.68. The molecule has 1 aromatic heterocycles. The van der Waals surface area contributed by atoms with Crippen LogP contribution in [-0.2, 0) is 11.3 Å². The highest BCUT2D eigenvalue weighted by molar-refractivity contribution is 9.10. The first-order valence-corrected chi connectivity index (χ1v) is 11.3. The molecule has 0 aliphatic carbocycles. The summed E-state index contributed by atoms with van der Waals surface area (Å²) < 4.78 is 0.974. The van der Waals surface area contributed by atoms with Crippen LogP contribution in [0.2, 0.25) is 0 Å². The van der Waals surface area contributed by atoms with E-state index in [1.54, 1.807) is 0 Å². The Kier molecular flexibility index (Phi) is 5.52. The van der Waals surface area contributed by atoms with Crippen molar-refractivity contribution in [3.8, 4) is 0 Å². The van der Waals surface area contributed by atoms with Crippen molar-refractivity contribution in [3.05, 3.63) is 82.5 Å². The Morgan fingerprint density at radius 2 is 1.77 bits per heavy atom. The predicted octanol–water partition coefficient (Wildman–Crippen LogP) is 5.03. The molecule has 1 aliphatic rings. The van der Waals surface area contributed by atoms with Crippen LogP contribution in [0.15, 0.2) is 71.3 Å². The summed E-state index contributed by atoms with van der Waals surface area (Å²) in [5, 5.41) is 13.6. The second-order valence-corrected chi connectivity index (χ2v) is 9.04. The third-order valence-corrected chi connectivity index (χ3v) is 6.74. The number of hydrogen-bond acceptors (Lipinski definition) is 3. The van der Waals surface area contributed by atoms with E-state index in [9.17, 15) is 9.90 Å². The number of carboxylic acid groups (broad SMARTS) is 1. The minimum Gasteiger partial charge on any atom is -0.480 e. The first kappa shape index (κ1) is 20.2. The summed E-state index contributed by atoms with van der Waals surface area (Å²) in [6, 6.07) is 20.2. The number of piperazine rings is 1. The molecular weight excluding hydrogens is 454 g/mol. The highest BCUT2D eigenvalue weighted by Crippen LogP contribution is 2.31. The second kappa shape index (κ2) is 8.46. The number of nitrogens with one attached hydrogen (secondary N) is 1. The van der Waals surface area contributed by atoms with Crippen molar-refractivity contribution < 1.29 is 9.90 Å². The van der Waals surface area contributed by atoms with Gasteiger partial charge in [0.05, 0.1) is 0 Å². The van der Waals surface area contributed by atoms with Crippen LogP contribution in [0, 0.1) is 0 Å². The van der Waals surface area contributed by atoms with Crippen molar-refractivity contribution in [2.24, 2.45) is 0 Å². The first-order chi connectivity index (χ1) is 15.1. The van der Waals surface area contributed by atoms with Crippen LogP contribution >= 0.6 is 15.9 Å². The minimum absolute atomic E-state index is 0.644. The van der Waals surface area contributed by atoms with Gasteiger partial charge in [-0.15, -0.1) is 0 Å². The predicted molar refractivity (Wildman–Crippen MR) is 127 cm³/mol. The van der Waals surface area contributed by atoms with Crippen molar-refractivity contribution in [1.29, 1.82) is 0 Å². The van der Waals surface area contributed by atoms with Gasteiger partial charge in [0.25, 0.3) is 0 Å². The maximum absolute atomic E-state index is 12.2. The van der Waals surface area contributed by atoms with Crippen molar-refractivity contribution >= 4 is 43.6 Å². The molecule has 0 amide bonds. The van der Waals surface area contributed by atoms with Crippen LogP contribution < -0.4 is 0 Å². The van der Waals surface area contributed by atoms with E-state index in [2.05, 4.69) is 73.2 Å². The van der Waals surface area contributed by atoms with Gasteiger partial charge in [0, 0.05) is 59.9 Å². The van der Waals surface area contributed by atoms with Crippen LogP contribution in [0.4, 0.5) is 0 Å². The molecule has 158 valence electrons. The standard InChI is InChI=1S/C25H24BrN3O2/c26-19-8-9-21-22(15-27-23(21)14-19)24(25(30)31)29-12-10-28(11-13-29)16-18-6-3-5-17-4-1-2-7-20(17)18/h1-9,14-15,24,27H,10-13,16H2,(H,30,31)/t24-/m1/s1. The smallest absolute Gasteiger partial charge is 0.325 e. The van der Waals surface area contributed by atoms with Gasteiger partial charge in [0.1, 0.15) is 6.04 Å². The number of nitrogens with zero attached hydrogens (tertiary/aromatic N) is 2. The fraction of sp³-hybridized carbons (Fsp3) is 0.240. The van der Waals surface area contributed by atoms with E-state index in [1.165, 1.54) is 16.3 Å². The van der Waals surface area contributed by atoms with Gasteiger partial charge >= 0.3 is 5.97 Å². The van der Waals surface area contributed by atoms with Gasteiger partial charge in [-0.05, 0) is 28.5 Å². The van der Waals surface area contributed by atoms with Crippen LogP contribution in [0.1, 0.15) is 17.2 Å². The number of carbonyl (C=O) groups is 1. The summed E-state index contributed by atoms with van der Waals surface area (Å²) in [4.78, 5) is 20.0. The van der Waals surface area contributed by atoms with Crippen molar-refractivity contribution in [2.45, 2.75) is 12.6 Å². The molecule has 1 saturated heterocycles. The molecule has 0 bridgehead atoms. The molecule has 2 N–H and O–H groups in total. The van der Waals surface area contributed by atoms with E-state index in [4.69, 9.17) is 0 Å². The zero-order chi connectivity index (χ0) is 21.4. The Morgan fingerprint density at radius 3 is 2.58 bits per heavy atom. The SMILES string of the molecule is O=C(O)[C@@H](c1c[nH]c2cc(Br)ccc12)N1CCN(Cc2cccc3ccccc23)CC1. The molecule has 0 radical (unpaired) electrons. The van der Waals surface area contributed by atoms with Crippen molar-refractivity contribution in [1.82, 2.24) is 14.8 Å². The van der Waals surface area contributed by atoms with Gasteiger partial charge in [0.2, 0.25) is 0 Å². The molecule has 3 aromatic carbocycles. The largest absolute Gasteiger partial charge is 0.480 e. The van der Waals surface area contributed by atoms with Crippen LogP contribution in [0.3, 0.4) is 0 Å². The Bertz CT molecular complexity index is 1240. The highest BCUT2D eigenvalue weighted by atomic mass is 79.9. The molecule has 0 saturated carbocycles. The van der Waals surface area contributed by atoms with Crippen LogP contribution in [0.25, 0.3) is 21.7 Å². The molecule has 6 heteroatoms. The van der Waals surface area contributed by atoms with Gasteiger partial charge in [-0.1, -0.05) is 64.5 Å². The third kappa shape index (κ3) is 3.99. The van der Waals surface area contributed by atoms with Gasteiger partial charge in [-0.25, -0.2) is 0 Å². The quantitative estimate of drug-likeness (QED) is 0.423. The number of carboxylic acids is 1. The van der Waals surface area contributed by atoms with Gasteiger partial charge < -0.3 is 10.1 Å². The van der Waals surface area contributed by atoms with Gasteiger partial charge in [0.15, 0.2) is 0 Å². The molecule has 1 aliphatic heterocycles. The second-order valence-electron chi connectivity index (χ2n) is 8.13. The molecule has 0 unspecified atom stereocenters. The van der Waals surface area contributed by atoms with Crippen LogP contribution in [-0.4, -0.2) is 52.0 Å². The lowest BCUT2D eigenvalue weighted by Crippen LogP contribution is -2.48. The number of benzene rings is 3. The number of H-pyrrole nitrogens is 1. The van der Waals surface area contributed by atoms with E-state index >= 15 is 0 Å². The van der Waals surface area contributed by atoms with E-state index in [-0.39, 0.29) is 0 Å². The van der Waals surface area contributed by atoms with E-state index in [0.717, 1.165) is 53.7 Å². The maximum atomic E-state index is 12.2. The molecule has 4 aromatic rings. The van der Waals surface area contributed by atoms with E-state index < -0.39 is 12.0 Å². The third-order valence-electron chi connectivity index (χ3n) is 6.25. The normalized spacial score (nSPS) is 16.7. The Labute approximate surface area is 189 Å². The summed E-state index contributed by atoms with van der Waals surface area (Å²) >= 11 is 3.48.